The molecule has 1 aromatic heterocycles. The lowest BCUT2D eigenvalue weighted by Gasteiger charge is -2.11. The zero-order valence-electron chi connectivity index (χ0n) is 6.42. The van der Waals surface area contributed by atoms with Gasteiger partial charge in [-0.15, -0.1) is 0 Å². The third-order valence-corrected chi connectivity index (χ3v) is 1.49. The molecule has 0 N–H and O–H groups in total. The van der Waals surface area contributed by atoms with Crippen molar-refractivity contribution in [3.63, 3.8) is 0 Å². The van der Waals surface area contributed by atoms with Crippen molar-refractivity contribution in [1.82, 2.24) is 4.98 Å². The summed E-state index contributed by atoms with van der Waals surface area (Å²) in [5.74, 6) is -4.54. The van der Waals surface area contributed by atoms with E-state index in [-0.39, 0.29) is 5.56 Å². The van der Waals surface area contributed by atoms with E-state index in [0.717, 1.165) is 19.1 Å². The average molecular weight is 171 g/mol. The summed E-state index contributed by atoms with van der Waals surface area (Å²) >= 11 is 0. The van der Waals surface area contributed by atoms with E-state index in [4.69, 9.17) is 0 Å². The third-order valence-electron chi connectivity index (χ3n) is 1.49. The van der Waals surface area contributed by atoms with E-state index in [2.05, 4.69) is 4.98 Å². The minimum atomic E-state index is -3.39. The fourth-order valence-electron chi connectivity index (χ4n) is 0.764. The molecule has 12 heavy (non-hydrogen) atoms. The maximum atomic E-state index is 12.9. The number of Topliss-reactive ketones (excluding diaryl/α,β-unsaturated/α-hetero) is 1. The van der Waals surface area contributed by atoms with Gasteiger partial charge in [-0.05, 0) is 12.1 Å². The minimum absolute atomic E-state index is 0.315. The van der Waals surface area contributed by atoms with Gasteiger partial charge in [0.2, 0.25) is 5.78 Å². The zero-order valence-corrected chi connectivity index (χ0v) is 6.42. The van der Waals surface area contributed by atoms with Crippen LogP contribution < -0.4 is 0 Å². The van der Waals surface area contributed by atoms with Gasteiger partial charge in [0.25, 0.3) is 0 Å². The summed E-state index contributed by atoms with van der Waals surface area (Å²) in [6.07, 6.45) is 2.46. The predicted octanol–water partition coefficient (Wildman–Crippen LogP) is 1.76. The van der Waals surface area contributed by atoms with Crippen LogP contribution in [-0.2, 0) is 10.7 Å². The lowest BCUT2D eigenvalue weighted by molar-refractivity contribution is -0.141. The van der Waals surface area contributed by atoms with Crippen LogP contribution in [0.25, 0.3) is 0 Å². The first-order valence-corrected chi connectivity index (χ1v) is 3.34. The number of carbonyl (C=O) groups is 1. The fraction of sp³-hybridized carbons (Fsp3) is 0.250. The molecule has 2 nitrogen and oxygen atoms in total. The van der Waals surface area contributed by atoms with Gasteiger partial charge in [0.1, 0.15) is 0 Å². The number of rotatable bonds is 2. The second-order valence-corrected chi connectivity index (χ2v) is 2.37. The van der Waals surface area contributed by atoms with E-state index in [1.807, 2.05) is 0 Å². The first kappa shape index (κ1) is 8.77. The van der Waals surface area contributed by atoms with Crippen molar-refractivity contribution in [2.24, 2.45) is 0 Å². The summed E-state index contributed by atoms with van der Waals surface area (Å²) in [6.45, 7) is 0.862. The number of carbonyl (C=O) groups excluding carboxylic acids is 1. The van der Waals surface area contributed by atoms with Crippen molar-refractivity contribution in [3.05, 3.63) is 30.1 Å². The van der Waals surface area contributed by atoms with Gasteiger partial charge in [0.15, 0.2) is 0 Å². The van der Waals surface area contributed by atoms with Crippen molar-refractivity contribution in [2.75, 3.05) is 0 Å². The van der Waals surface area contributed by atoms with Crippen molar-refractivity contribution in [1.29, 1.82) is 0 Å². The number of aromatic nitrogens is 1. The fourth-order valence-corrected chi connectivity index (χ4v) is 0.764. The van der Waals surface area contributed by atoms with Gasteiger partial charge < -0.3 is 0 Å². The summed E-state index contributed by atoms with van der Waals surface area (Å²) in [4.78, 5) is 14.1. The molecular formula is C8H7F2NO. The average Bonchev–Trinajstić information content (AvgIpc) is 2.06. The molecule has 1 aromatic rings. The predicted molar refractivity (Wildman–Crippen MR) is 38.8 cm³/mol. The number of halogens is 2. The van der Waals surface area contributed by atoms with Gasteiger partial charge >= 0.3 is 5.92 Å². The van der Waals surface area contributed by atoms with Gasteiger partial charge in [-0.3, -0.25) is 9.78 Å². The van der Waals surface area contributed by atoms with Crippen LogP contribution in [0.5, 0.6) is 0 Å². The Kier molecular flexibility index (Phi) is 2.17. The highest BCUT2D eigenvalue weighted by Crippen LogP contribution is 2.27. The van der Waals surface area contributed by atoms with Gasteiger partial charge in [-0.1, -0.05) is 0 Å². The lowest BCUT2D eigenvalue weighted by Crippen LogP contribution is -2.22. The molecule has 0 radical (unpaired) electrons. The zero-order chi connectivity index (χ0) is 9.19. The molecule has 0 saturated carbocycles. The van der Waals surface area contributed by atoms with Crippen LogP contribution in [0.1, 0.15) is 12.5 Å². The normalized spacial score (nSPS) is 11.2. The van der Waals surface area contributed by atoms with Crippen LogP contribution in [0.3, 0.4) is 0 Å². The molecule has 0 aliphatic rings. The largest absolute Gasteiger partial charge is 0.330 e. The van der Waals surface area contributed by atoms with Crippen molar-refractivity contribution >= 4 is 5.78 Å². The van der Waals surface area contributed by atoms with E-state index in [0.29, 0.717) is 0 Å². The molecule has 0 atom stereocenters. The second kappa shape index (κ2) is 2.97. The molecule has 0 spiro atoms. The Bertz CT molecular complexity index is 284. The first-order valence-electron chi connectivity index (χ1n) is 3.34. The molecule has 0 bridgehead atoms. The van der Waals surface area contributed by atoms with Gasteiger partial charge in [-0.2, -0.15) is 8.78 Å². The molecule has 0 aliphatic carbocycles. The summed E-state index contributed by atoms with van der Waals surface area (Å²) in [7, 11) is 0. The van der Waals surface area contributed by atoms with Gasteiger partial charge in [0, 0.05) is 24.9 Å². The Morgan fingerprint density at radius 3 is 2.33 bits per heavy atom. The van der Waals surface area contributed by atoms with E-state index in [1.54, 1.807) is 0 Å². The molecular weight excluding hydrogens is 164 g/mol. The number of ketones is 1. The molecule has 0 saturated heterocycles. The highest BCUT2D eigenvalue weighted by atomic mass is 19.3. The highest BCUT2D eigenvalue weighted by Gasteiger charge is 2.36. The van der Waals surface area contributed by atoms with Gasteiger partial charge in [0.05, 0.1) is 0 Å². The molecule has 1 heterocycles. The molecule has 4 heteroatoms. The van der Waals surface area contributed by atoms with E-state index >= 15 is 0 Å². The van der Waals surface area contributed by atoms with Crippen LogP contribution in [0, 0.1) is 0 Å². The Hall–Kier alpha value is -1.32. The summed E-state index contributed by atoms with van der Waals surface area (Å²) in [5, 5.41) is 0. The maximum absolute atomic E-state index is 12.9. The van der Waals surface area contributed by atoms with Crippen LogP contribution in [0.4, 0.5) is 8.78 Å². The minimum Gasteiger partial charge on any atom is -0.293 e. The molecule has 0 aromatic carbocycles. The van der Waals surface area contributed by atoms with Crippen LogP contribution in [-0.4, -0.2) is 10.8 Å². The highest BCUT2D eigenvalue weighted by molar-refractivity contribution is 5.84. The Balaban J connectivity index is 3.06. The first-order chi connectivity index (χ1) is 5.55. The number of hydrogen-bond acceptors (Lipinski definition) is 2. The third kappa shape index (κ3) is 1.47. The standard InChI is InChI=1S/C8H7F2NO/c1-6(12)8(9,10)7-2-4-11-5-3-7/h2-5H,1H3. The van der Waals surface area contributed by atoms with Crippen LogP contribution in [0.2, 0.25) is 0 Å². The molecule has 1 rings (SSSR count). The number of nitrogens with zero attached hydrogens (tertiary/aromatic N) is 1. The van der Waals surface area contributed by atoms with Crippen LogP contribution in [0.15, 0.2) is 24.5 Å². The number of alkyl halides is 2. The van der Waals surface area contributed by atoms with E-state index < -0.39 is 11.7 Å². The van der Waals surface area contributed by atoms with Crippen molar-refractivity contribution in [3.8, 4) is 0 Å². The monoisotopic (exact) mass is 171 g/mol. The molecule has 64 valence electrons. The van der Waals surface area contributed by atoms with Crippen molar-refractivity contribution in [2.45, 2.75) is 12.8 Å². The Morgan fingerprint density at radius 1 is 1.42 bits per heavy atom. The lowest BCUT2D eigenvalue weighted by atomic mass is 10.1. The van der Waals surface area contributed by atoms with E-state index in [9.17, 15) is 13.6 Å². The summed E-state index contributed by atoms with van der Waals surface area (Å²) in [5.41, 5.74) is -0.315. The summed E-state index contributed by atoms with van der Waals surface area (Å²) in [6, 6.07) is 2.25. The molecule has 0 aliphatic heterocycles. The topological polar surface area (TPSA) is 30.0 Å². The summed E-state index contributed by atoms with van der Waals surface area (Å²) < 4.78 is 25.8. The second-order valence-electron chi connectivity index (χ2n) is 2.37. The molecule has 0 unspecified atom stereocenters. The van der Waals surface area contributed by atoms with Gasteiger partial charge in [-0.25, -0.2) is 0 Å². The Morgan fingerprint density at radius 2 is 1.92 bits per heavy atom. The quantitative estimate of drug-likeness (QED) is 0.678. The number of hydrogen-bond donors (Lipinski definition) is 0. The molecule has 0 amide bonds. The SMILES string of the molecule is CC(=O)C(F)(F)c1ccncc1. The maximum Gasteiger partial charge on any atom is 0.330 e. The smallest absolute Gasteiger partial charge is 0.293 e. The molecule has 0 fully saturated rings. The van der Waals surface area contributed by atoms with E-state index in [1.165, 1.54) is 12.4 Å². The number of pyridine rings is 1. The van der Waals surface area contributed by atoms with Crippen molar-refractivity contribution < 1.29 is 13.6 Å². The van der Waals surface area contributed by atoms with Crippen LogP contribution >= 0.6 is 0 Å². The Labute approximate surface area is 68.2 Å².